The van der Waals surface area contributed by atoms with E-state index in [1.165, 1.54) is 13.2 Å². The summed E-state index contributed by atoms with van der Waals surface area (Å²) in [4.78, 5) is 0. The van der Waals surface area contributed by atoms with Gasteiger partial charge in [-0.3, -0.25) is 0 Å². The van der Waals surface area contributed by atoms with Crippen molar-refractivity contribution in [3.05, 3.63) is 29.3 Å². The van der Waals surface area contributed by atoms with Gasteiger partial charge in [-0.1, -0.05) is 11.8 Å². The molecule has 1 rings (SSSR count). The van der Waals surface area contributed by atoms with Crippen molar-refractivity contribution in [2.75, 3.05) is 13.7 Å². The Labute approximate surface area is 90.7 Å². The lowest BCUT2D eigenvalue weighted by atomic mass is 10.1. The predicted octanol–water partition coefficient (Wildman–Crippen LogP) is 2.06. The predicted molar refractivity (Wildman–Crippen MR) is 52.0 cm³/mol. The van der Waals surface area contributed by atoms with E-state index in [0.717, 1.165) is 12.1 Å². The number of methoxy groups -OCH3 is 1. The fourth-order valence-electron chi connectivity index (χ4n) is 1.11. The van der Waals surface area contributed by atoms with Gasteiger partial charge < -0.3 is 9.84 Å². The molecule has 2 nitrogen and oxygen atoms in total. The quantitative estimate of drug-likeness (QED) is 0.748. The molecule has 0 fully saturated rings. The van der Waals surface area contributed by atoms with Gasteiger partial charge in [-0.05, 0) is 18.2 Å². The molecule has 0 aliphatic rings. The van der Waals surface area contributed by atoms with Crippen molar-refractivity contribution >= 4 is 0 Å². The highest BCUT2D eigenvalue weighted by atomic mass is 19.4. The van der Waals surface area contributed by atoms with Gasteiger partial charge >= 0.3 is 6.18 Å². The topological polar surface area (TPSA) is 29.5 Å². The maximum Gasteiger partial charge on any atom is 0.416 e. The number of benzene rings is 1. The molecule has 0 aromatic heterocycles. The van der Waals surface area contributed by atoms with Crippen LogP contribution in [0.25, 0.3) is 0 Å². The third kappa shape index (κ3) is 2.91. The Morgan fingerprint density at radius 2 is 2.06 bits per heavy atom. The molecule has 5 heteroatoms. The summed E-state index contributed by atoms with van der Waals surface area (Å²) in [6.45, 7) is -0.357. The molecule has 0 radical (unpaired) electrons. The molecule has 0 aliphatic carbocycles. The van der Waals surface area contributed by atoms with Crippen LogP contribution in [0.4, 0.5) is 13.2 Å². The Bertz CT molecular complexity index is 427. The first-order valence-electron chi connectivity index (χ1n) is 4.34. The van der Waals surface area contributed by atoms with E-state index in [2.05, 4.69) is 11.8 Å². The summed E-state index contributed by atoms with van der Waals surface area (Å²) in [5.74, 6) is 4.88. The average Bonchev–Trinajstić information content (AvgIpc) is 2.24. The summed E-state index contributed by atoms with van der Waals surface area (Å²) >= 11 is 0. The summed E-state index contributed by atoms with van der Waals surface area (Å²) in [5.41, 5.74) is -0.483. The van der Waals surface area contributed by atoms with E-state index in [4.69, 9.17) is 9.84 Å². The summed E-state index contributed by atoms with van der Waals surface area (Å²) in [6, 6.07) is 3.01. The number of aliphatic hydroxyl groups excluding tert-OH is 1. The first-order valence-corrected chi connectivity index (χ1v) is 4.34. The third-order valence-corrected chi connectivity index (χ3v) is 1.83. The van der Waals surface area contributed by atoms with Crippen LogP contribution < -0.4 is 4.74 Å². The largest absolute Gasteiger partial charge is 0.495 e. The molecule has 1 N–H and O–H groups in total. The van der Waals surface area contributed by atoms with Crippen LogP contribution in [0.5, 0.6) is 5.75 Å². The number of halogens is 3. The summed E-state index contributed by atoms with van der Waals surface area (Å²) in [5, 5.41) is 8.48. The second kappa shape index (κ2) is 4.90. The fraction of sp³-hybridized carbons (Fsp3) is 0.273. The zero-order valence-electron chi connectivity index (χ0n) is 8.43. The molecule has 0 heterocycles. The number of alkyl halides is 3. The van der Waals surface area contributed by atoms with Crippen LogP contribution in [0, 0.1) is 11.8 Å². The summed E-state index contributed by atoms with van der Waals surface area (Å²) in [6.07, 6.45) is -4.41. The summed E-state index contributed by atoms with van der Waals surface area (Å²) in [7, 11) is 1.26. The molecule has 16 heavy (non-hydrogen) atoms. The molecule has 0 spiro atoms. The Morgan fingerprint density at radius 3 is 2.56 bits per heavy atom. The van der Waals surface area contributed by atoms with Gasteiger partial charge in [0.25, 0.3) is 0 Å². The van der Waals surface area contributed by atoms with Gasteiger partial charge in [-0.25, -0.2) is 0 Å². The van der Waals surface area contributed by atoms with E-state index in [-0.39, 0.29) is 12.4 Å². The zero-order chi connectivity index (χ0) is 12.2. The minimum Gasteiger partial charge on any atom is -0.495 e. The van der Waals surface area contributed by atoms with Crippen LogP contribution in [0.1, 0.15) is 11.1 Å². The van der Waals surface area contributed by atoms with E-state index in [9.17, 15) is 13.2 Å². The minimum atomic E-state index is -4.41. The molecule has 0 unspecified atom stereocenters. The van der Waals surface area contributed by atoms with Gasteiger partial charge in [-0.2, -0.15) is 13.2 Å². The fourth-order valence-corrected chi connectivity index (χ4v) is 1.11. The molecule has 86 valence electrons. The number of rotatable bonds is 1. The molecule has 0 saturated heterocycles. The molecule has 0 amide bonds. The van der Waals surface area contributed by atoms with E-state index in [1.54, 1.807) is 0 Å². The van der Waals surface area contributed by atoms with Crippen molar-refractivity contribution in [1.29, 1.82) is 0 Å². The molecule has 1 aromatic carbocycles. The standard InChI is InChI=1S/C11H9F3O2/c1-16-10-7-9(11(12,13)14)5-4-8(10)3-2-6-15/h4-5,7,15H,6H2,1H3. The molecule has 0 saturated carbocycles. The Hall–Kier alpha value is -1.67. The normalized spacial score (nSPS) is 10.6. The zero-order valence-corrected chi connectivity index (χ0v) is 8.43. The van der Waals surface area contributed by atoms with Crippen molar-refractivity contribution in [3.63, 3.8) is 0 Å². The smallest absolute Gasteiger partial charge is 0.416 e. The molecule has 0 bridgehead atoms. The van der Waals surface area contributed by atoms with Crippen molar-refractivity contribution < 1.29 is 23.0 Å². The highest BCUT2D eigenvalue weighted by molar-refractivity contribution is 5.48. The third-order valence-electron chi connectivity index (χ3n) is 1.83. The maximum atomic E-state index is 12.4. The van der Waals surface area contributed by atoms with E-state index in [1.807, 2.05) is 0 Å². The lowest BCUT2D eigenvalue weighted by molar-refractivity contribution is -0.137. The highest BCUT2D eigenvalue weighted by Gasteiger charge is 2.31. The van der Waals surface area contributed by atoms with Gasteiger partial charge in [0, 0.05) is 0 Å². The van der Waals surface area contributed by atoms with Crippen LogP contribution in [0.15, 0.2) is 18.2 Å². The first kappa shape index (κ1) is 12.4. The molecule has 0 atom stereocenters. The lowest BCUT2D eigenvalue weighted by Crippen LogP contribution is -2.05. The van der Waals surface area contributed by atoms with E-state index < -0.39 is 11.7 Å². The lowest BCUT2D eigenvalue weighted by Gasteiger charge is -2.09. The Morgan fingerprint density at radius 1 is 1.38 bits per heavy atom. The Balaban J connectivity index is 3.17. The van der Waals surface area contributed by atoms with Gasteiger partial charge in [0.15, 0.2) is 0 Å². The molecule has 1 aromatic rings. The molecule has 0 aliphatic heterocycles. The van der Waals surface area contributed by atoms with E-state index in [0.29, 0.717) is 5.56 Å². The van der Waals surface area contributed by atoms with Gasteiger partial charge in [-0.15, -0.1) is 0 Å². The second-order valence-corrected chi connectivity index (χ2v) is 2.87. The van der Waals surface area contributed by atoms with Crippen LogP contribution in [0.2, 0.25) is 0 Å². The summed E-state index contributed by atoms with van der Waals surface area (Å²) < 4.78 is 41.9. The number of hydrogen-bond acceptors (Lipinski definition) is 2. The number of hydrogen-bond donors (Lipinski definition) is 1. The molecular weight excluding hydrogens is 221 g/mol. The average molecular weight is 230 g/mol. The highest BCUT2D eigenvalue weighted by Crippen LogP contribution is 2.32. The van der Waals surface area contributed by atoms with Gasteiger partial charge in [0.2, 0.25) is 0 Å². The minimum absolute atomic E-state index is 0.0378. The number of ether oxygens (including phenoxy) is 1. The SMILES string of the molecule is COc1cc(C(F)(F)F)ccc1C#CCO. The van der Waals surface area contributed by atoms with Crippen LogP contribution in [-0.2, 0) is 6.18 Å². The monoisotopic (exact) mass is 230 g/mol. The van der Waals surface area contributed by atoms with Crippen LogP contribution in [-0.4, -0.2) is 18.8 Å². The van der Waals surface area contributed by atoms with Gasteiger partial charge in [0.05, 0.1) is 18.2 Å². The maximum absolute atomic E-state index is 12.4. The number of aliphatic hydroxyl groups is 1. The second-order valence-electron chi connectivity index (χ2n) is 2.87. The van der Waals surface area contributed by atoms with Crippen molar-refractivity contribution in [2.45, 2.75) is 6.18 Å². The van der Waals surface area contributed by atoms with Crippen LogP contribution >= 0.6 is 0 Å². The van der Waals surface area contributed by atoms with Crippen LogP contribution in [0.3, 0.4) is 0 Å². The Kier molecular flexibility index (Phi) is 3.80. The van der Waals surface area contributed by atoms with Crippen molar-refractivity contribution in [2.24, 2.45) is 0 Å². The van der Waals surface area contributed by atoms with Gasteiger partial charge in [0.1, 0.15) is 12.4 Å². The van der Waals surface area contributed by atoms with Crippen molar-refractivity contribution in [3.8, 4) is 17.6 Å². The van der Waals surface area contributed by atoms with E-state index >= 15 is 0 Å². The van der Waals surface area contributed by atoms with Crippen molar-refractivity contribution in [1.82, 2.24) is 0 Å². The first-order chi connectivity index (χ1) is 7.49. The molecular formula is C11H9F3O2.